The highest BCUT2D eigenvalue weighted by Crippen LogP contribution is 2.08. The van der Waals surface area contributed by atoms with Crippen LogP contribution < -0.4 is 5.73 Å². The van der Waals surface area contributed by atoms with Gasteiger partial charge in [0.25, 0.3) is 0 Å². The zero-order valence-corrected chi connectivity index (χ0v) is 10.9. The summed E-state index contributed by atoms with van der Waals surface area (Å²) in [6, 6.07) is 7.48. The van der Waals surface area contributed by atoms with Crippen molar-refractivity contribution in [2.45, 2.75) is 6.54 Å². The molecule has 0 aliphatic rings. The maximum absolute atomic E-state index is 11.7. The second kappa shape index (κ2) is 7.68. The van der Waals surface area contributed by atoms with Gasteiger partial charge in [-0.25, -0.2) is 0 Å². The first-order valence-corrected chi connectivity index (χ1v) is 5.78. The lowest BCUT2D eigenvalue weighted by Crippen LogP contribution is -2.30. The lowest BCUT2D eigenvalue weighted by molar-refractivity contribution is -0.135. The molecule has 2 N–H and O–H groups in total. The maximum atomic E-state index is 11.7. The third-order valence-electron chi connectivity index (χ3n) is 2.45. The van der Waals surface area contributed by atoms with Gasteiger partial charge in [0.2, 0.25) is 5.91 Å². The van der Waals surface area contributed by atoms with Crippen LogP contribution in [0.5, 0.6) is 0 Å². The van der Waals surface area contributed by atoms with Crippen molar-refractivity contribution >= 4 is 11.6 Å². The predicted octanol–water partition coefficient (Wildman–Crippen LogP) is 0.890. The number of anilines is 1. The molecule has 0 radical (unpaired) electrons. The Hall–Kier alpha value is -1.59. The van der Waals surface area contributed by atoms with Crippen molar-refractivity contribution in [3.63, 3.8) is 0 Å². The van der Waals surface area contributed by atoms with Gasteiger partial charge >= 0.3 is 0 Å². The van der Waals surface area contributed by atoms with Crippen LogP contribution in [0.1, 0.15) is 5.56 Å². The fraction of sp³-hybridized carbons (Fsp3) is 0.462. The van der Waals surface area contributed by atoms with Crippen LogP contribution in [0.15, 0.2) is 24.3 Å². The van der Waals surface area contributed by atoms with Crippen LogP contribution in [-0.2, 0) is 20.8 Å². The fourth-order valence-electron chi connectivity index (χ4n) is 1.47. The third kappa shape index (κ3) is 5.16. The van der Waals surface area contributed by atoms with E-state index < -0.39 is 0 Å². The summed E-state index contributed by atoms with van der Waals surface area (Å²) in [7, 11) is 3.34. The molecule has 0 aliphatic carbocycles. The molecule has 1 rings (SSSR count). The largest absolute Gasteiger partial charge is 0.399 e. The Kier molecular flexibility index (Phi) is 6.18. The Morgan fingerprint density at radius 2 is 2.17 bits per heavy atom. The minimum Gasteiger partial charge on any atom is -0.399 e. The van der Waals surface area contributed by atoms with Crippen molar-refractivity contribution in [1.29, 1.82) is 0 Å². The smallest absolute Gasteiger partial charge is 0.248 e. The van der Waals surface area contributed by atoms with E-state index in [1.807, 2.05) is 24.3 Å². The van der Waals surface area contributed by atoms with Crippen LogP contribution in [0.4, 0.5) is 5.69 Å². The molecule has 5 nitrogen and oxygen atoms in total. The molecule has 100 valence electrons. The molecule has 1 amide bonds. The van der Waals surface area contributed by atoms with Gasteiger partial charge in [-0.3, -0.25) is 4.79 Å². The Morgan fingerprint density at radius 1 is 1.39 bits per heavy atom. The SMILES string of the molecule is COCCOCC(=O)N(C)Cc1cccc(N)c1. The van der Waals surface area contributed by atoms with Gasteiger partial charge in [-0.1, -0.05) is 12.1 Å². The second-order valence-corrected chi connectivity index (χ2v) is 4.04. The Bertz CT molecular complexity index is 382. The molecule has 0 fully saturated rings. The van der Waals surface area contributed by atoms with Crippen molar-refractivity contribution in [3.05, 3.63) is 29.8 Å². The van der Waals surface area contributed by atoms with Crippen molar-refractivity contribution in [3.8, 4) is 0 Å². The average Bonchev–Trinajstić information content (AvgIpc) is 2.34. The lowest BCUT2D eigenvalue weighted by Gasteiger charge is -2.17. The molecule has 5 heteroatoms. The first-order valence-electron chi connectivity index (χ1n) is 5.78. The number of amides is 1. The molecule has 0 unspecified atom stereocenters. The lowest BCUT2D eigenvalue weighted by atomic mass is 10.2. The number of nitrogen functional groups attached to an aromatic ring is 1. The monoisotopic (exact) mass is 252 g/mol. The van der Waals surface area contributed by atoms with Crippen molar-refractivity contribution in [1.82, 2.24) is 4.90 Å². The standard InChI is InChI=1S/C13H20N2O3/c1-15(13(16)10-18-7-6-17-2)9-11-4-3-5-12(14)8-11/h3-5,8H,6-7,9-10,14H2,1-2H3. The maximum Gasteiger partial charge on any atom is 0.248 e. The number of carbonyl (C=O) groups excluding carboxylic acids is 1. The van der Waals surface area contributed by atoms with Gasteiger partial charge in [-0.15, -0.1) is 0 Å². The highest BCUT2D eigenvalue weighted by atomic mass is 16.5. The minimum absolute atomic E-state index is 0.0615. The predicted molar refractivity (Wildman–Crippen MR) is 70.0 cm³/mol. The average molecular weight is 252 g/mol. The van der Waals surface area contributed by atoms with Crippen LogP contribution in [0.2, 0.25) is 0 Å². The molecule has 18 heavy (non-hydrogen) atoms. The molecule has 0 saturated carbocycles. The van der Waals surface area contributed by atoms with E-state index in [1.54, 1.807) is 19.1 Å². The van der Waals surface area contributed by atoms with Gasteiger partial charge in [-0.05, 0) is 17.7 Å². The molecular weight excluding hydrogens is 232 g/mol. The summed E-state index contributed by atoms with van der Waals surface area (Å²) in [5.74, 6) is -0.0615. The number of methoxy groups -OCH3 is 1. The molecule has 0 atom stereocenters. The molecule has 1 aromatic carbocycles. The molecular formula is C13H20N2O3. The number of nitrogens with zero attached hydrogens (tertiary/aromatic N) is 1. The number of benzene rings is 1. The topological polar surface area (TPSA) is 64.8 Å². The highest BCUT2D eigenvalue weighted by Gasteiger charge is 2.09. The zero-order chi connectivity index (χ0) is 13.4. The van der Waals surface area contributed by atoms with Crippen LogP contribution in [0.25, 0.3) is 0 Å². The number of nitrogens with two attached hydrogens (primary N) is 1. The second-order valence-electron chi connectivity index (χ2n) is 4.04. The Morgan fingerprint density at radius 3 is 2.83 bits per heavy atom. The first kappa shape index (κ1) is 14.5. The molecule has 1 aromatic rings. The van der Waals surface area contributed by atoms with E-state index in [2.05, 4.69) is 0 Å². The number of hydrogen-bond donors (Lipinski definition) is 1. The normalized spacial score (nSPS) is 10.3. The van der Waals surface area contributed by atoms with E-state index in [-0.39, 0.29) is 12.5 Å². The number of ether oxygens (including phenoxy) is 2. The summed E-state index contributed by atoms with van der Waals surface area (Å²) in [5, 5.41) is 0. The van der Waals surface area contributed by atoms with Crippen LogP contribution >= 0.6 is 0 Å². The zero-order valence-electron chi connectivity index (χ0n) is 10.9. The van der Waals surface area contributed by atoms with Crippen molar-refractivity contribution in [2.24, 2.45) is 0 Å². The Balaban J connectivity index is 2.35. The van der Waals surface area contributed by atoms with Gasteiger partial charge in [0.1, 0.15) is 6.61 Å². The number of carbonyl (C=O) groups is 1. The van der Waals surface area contributed by atoms with E-state index in [9.17, 15) is 4.79 Å². The summed E-state index contributed by atoms with van der Waals surface area (Å²) in [5.41, 5.74) is 7.38. The molecule has 0 saturated heterocycles. The highest BCUT2D eigenvalue weighted by molar-refractivity contribution is 5.77. The van der Waals surface area contributed by atoms with Gasteiger partial charge in [0.15, 0.2) is 0 Å². The molecule has 0 aromatic heterocycles. The van der Waals surface area contributed by atoms with Crippen LogP contribution in [-0.4, -0.2) is 44.8 Å². The molecule has 0 spiro atoms. The number of hydrogen-bond acceptors (Lipinski definition) is 4. The summed E-state index contributed by atoms with van der Waals surface area (Å²) >= 11 is 0. The van der Waals surface area contributed by atoms with Gasteiger partial charge < -0.3 is 20.1 Å². The minimum atomic E-state index is -0.0615. The van der Waals surface area contributed by atoms with Crippen molar-refractivity contribution in [2.75, 3.05) is 39.7 Å². The molecule has 0 bridgehead atoms. The van der Waals surface area contributed by atoms with Crippen LogP contribution in [0.3, 0.4) is 0 Å². The fourth-order valence-corrected chi connectivity index (χ4v) is 1.47. The van der Waals surface area contributed by atoms with Gasteiger partial charge in [0.05, 0.1) is 13.2 Å². The van der Waals surface area contributed by atoms with Crippen molar-refractivity contribution < 1.29 is 14.3 Å². The van der Waals surface area contributed by atoms with Gasteiger partial charge in [0, 0.05) is 26.4 Å². The van der Waals surface area contributed by atoms with E-state index in [0.29, 0.717) is 25.4 Å². The van der Waals surface area contributed by atoms with E-state index in [0.717, 1.165) is 5.56 Å². The summed E-state index contributed by atoms with van der Waals surface area (Å²) in [4.78, 5) is 13.3. The van der Waals surface area contributed by atoms with E-state index in [4.69, 9.17) is 15.2 Å². The van der Waals surface area contributed by atoms with Crippen LogP contribution in [0, 0.1) is 0 Å². The molecule has 0 aliphatic heterocycles. The van der Waals surface area contributed by atoms with E-state index in [1.165, 1.54) is 0 Å². The quantitative estimate of drug-likeness (QED) is 0.578. The summed E-state index contributed by atoms with van der Waals surface area (Å²) < 4.78 is 10.0. The Labute approximate surface area is 107 Å². The first-order chi connectivity index (χ1) is 8.63. The van der Waals surface area contributed by atoms with Gasteiger partial charge in [-0.2, -0.15) is 0 Å². The summed E-state index contributed by atoms with van der Waals surface area (Å²) in [6.45, 7) is 1.51. The summed E-state index contributed by atoms with van der Waals surface area (Å²) in [6.07, 6.45) is 0. The number of rotatable bonds is 7. The third-order valence-corrected chi connectivity index (χ3v) is 2.45. The number of likely N-dealkylation sites (N-methyl/N-ethyl adjacent to an activating group) is 1. The molecule has 0 heterocycles. The van der Waals surface area contributed by atoms with E-state index >= 15 is 0 Å².